The second-order valence-corrected chi connectivity index (χ2v) is 8.52. The Bertz CT molecular complexity index is 928. The molecular formula is C23H25NO4S. The maximum absolute atomic E-state index is 10.6. The summed E-state index contributed by atoms with van der Waals surface area (Å²) in [6.07, 6.45) is -0.592. The van der Waals surface area contributed by atoms with Gasteiger partial charge in [0.05, 0.1) is 0 Å². The van der Waals surface area contributed by atoms with E-state index in [4.69, 9.17) is 14.2 Å². The number of aliphatic hydroxyl groups excluding tert-OH is 1. The van der Waals surface area contributed by atoms with Crippen molar-refractivity contribution >= 4 is 11.3 Å². The third kappa shape index (κ3) is 5.50. The zero-order chi connectivity index (χ0) is 20.1. The Kier molecular flexibility index (Phi) is 6.34. The molecule has 3 aromatic rings. The summed E-state index contributed by atoms with van der Waals surface area (Å²) in [6, 6.07) is 19.9. The van der Waals surface area contributed by atoms with E-state index in [1.54, 1.807) is 11.3 Å². The molecule has 1 N–H and O–H groups in total. The van der Waals surface area contributed by atoms with Gasteiger partial charge in [-0.3, -0.25) is 4.90 Å². The predicted molar refractivity (Wildman–Crippen MR) is 114 cm³/mol. The average Bonchev–Trinajstić information content (AvgIpc) is 3.35. The summed E-state index contributed by atoms with van der Waals surface area (Å²) in [6.45, 7) is 4.63. The number of hydrogen-bond acceptors (Lipinski definition) is 6. The van der Waals surface area contributed by atoms with E-state index in [1.165, 1.54) is 9.75 Å². The Hall–Kier alpha value is -2.54. The molecule has 4 rings (SSSR count). The molecule has 5 nitrogen and oxygen atoms in total. The first-order valence-corrected chi connectivity index (χ1v) is 10.5. The van der Waals surface area contributed by atoms with Crippen LogP contribution in [0.25, 0.3) is 0 Å². The molecule has 0 amide bonds. The molecule has 0 radical (unpaired) electrons. The van der Waals surface area contributed by atoms with Gasteiger partial charge in [0.15, 0.2) is 11.5 Å². The van der Waals surface area contributed by atoms with Gasteiger partial charge in [-0.1, -0.05) is 24.3 Å². The van der Waals surface area contributed by atoms with Crippen LogP contribution in [0.4, 0.5) is 0 Å². The zero-order valence-electron chi connectivity index (χ0n) is 16.4. The van der Waals surface area contributed by atoms with Crippen LogP contribution in [-0.4, -0.2) is 36.1 Å². The van der Waals surface area contributed by atoms with Crippen LogP contribution >= 0.6 is 11.3 Å². The number of hydrogen-bond donors (Lipinski definition) is 1. The second-order valence-electron chi connectivity index (χ2n) is 7.15. The molecule has 0 fully saturated rings. The Morgan fingerprint density at radius 1 is 1.03 bits per heavy atom. The molecule has 1 atom stereocenters. The van der Waals surface area contributed by atoms with Crippen LogP contribution in [0.2, 0.25) is 0 Å². The lowest BCUT2D eigenvalue weighted by Crippen LogP contribution is -2.34. The Labute approximate surface area is 175 Å². The molecule has 0 aliphatic carbocycles. The maximum Gasteiger partial charge on any atom is 0.231 e. The molecule has 1 aromatic heterocycles. The van der Waals surface area contributed by atoms with Gasteiger partial charge in [-0.25, -0.2) is 0 Å². The number of rotatable bonds is 9. The summed E-state index contributed by atoms with van der Waals surface area (Å²) in [5.74, 6) is 2.33. The van der Waals surface area contributed by atoms with E-state index in [0.717, 1.165) is 29.4 Å². The fourth-order valence-corrected chi connectivity index (χ4v) is 4.27. The Morgan fingerprint density at radius 3 is 2.66 bits per heavy atom. The molecule has 0 bridgehead atoms. The predicted octanol–water partition coefficient (Wildman–Crippen LogP) is 4.23. The van der Waals surface area contributed by atoms with Crippen molar-refractivity contribution in [1.82, 2.24) is 4.90 Å². The van der Waals surface area contributed by atoms with Crippen molar-refractivity contribution in [2.24, 2.45) is 0 Å². The summed E-state index contributed by atoms with van der Waals surface area (Å²) in [7, 11) is 0. The van der Waals surface area contributed by atoms with Crippen molar-refractivity contribution in [1.29, 1.82) is 0 Å². The fourth-order valence-electron chi connectivity index (χ4n) is 3.33. The monoisotopic (exact) mass is 411 g/mol. The van der Waals surface area contributed by atoms with Gasteiger partial charge in [0.1, 0.15) is 18.5 Å². The first kappa shape index (κ1) is 19.8. The lowest BCUT2D eigenvalue weighted by Gasteiger charge is -2.25. The Balaban J connectivity index is 1.41. The highest BCUT2D eigenvalue weighted by molar-refractivity contribution is 7.11. The highest BCUT2D eigenvalue weighted by Crippen LogP contribution is 2.33. The minimum absolute atomic E-state index is 0.255. The van der Waals surface area contributed by atoms with Gasteiger partial charge in [0.25, 0.3) is 0 Å². The van der Waals surface area contributed by atoms with Gasteiger partial charge in [-0.2, -0.15) is 0 Å². The molecule has 152 valence electrons. The van der Waals surface area contributed by atoms with E-state index < -0.39 is 6.10 Å². The standard InChI is InChI=1S/C23H25NO4S/c1-17-7-9-21(29-17)14-24(12-18-8-10-22-23(11-18)28-16-27-22)13-19(25)15-26-20-5-3-2-4-6-20/h2-11,19,25H,12-16H2,1H3. The number of thiophene rings is 1. The molecule has 1 unspecified atom stereocenters. The molecule has 2 heterocycles. The smallest absolute Gasteiger partial charge is 0.231 e. The first-order chi connectivity index (χ1) is 14.2. The summed E-state index contributed by atoms with van der Waals surface area (Å²) >= 11 is 1.78. The molecule has 1 aliphatic heterocycles. The molecule has 1 aliphatic rings. The Morgan fingerprint density at radius 2 is 1.86 bits per heavy atom. The van der Waals surface area contributed by atoms with Crippen molar-refractivity contribution < 1.29 is 19.3 Å². The van der Waals surface area contributed by atoms with Crippen LogP contribution in [0.3, 0.4) is 0 Å². The molecule has 6 heteroatoms. The average molecular weight is 412 g/mol. The lowest BCUT2D eigenvalue weighted by molar-refractivity contribution is 0.0632. The number of aryl methyl sites for hydroxylation is 1. The normalized spacial score (nSPS) is 13.6. The van der Waals surface area contributed by atoms with Crippen LogP contribution in [-0.2, 0) is 13.1 Å². The van der Waals surface area contributed by atoms with E-state index in [9.17, 15) is 5.11 Å². The summed E-state index contributed by atoms with van der Waals surface area (Å²) < 4.78 is 16.6. The van der Waals surface area contributed by atoms with Crippen LogP contribution < -0.4 is 14.2 Å². The largest absolute Gasteiger partial charge is 0.491 e. The highest BCUT2D eigenvalue weighted by atomic mass is 32.1. The quantitative estimate of drug-likeness (QED) is 0.571. The van der Waals surface area contributed by atoms with E-state index in [-0.39, 0.29) is 13.4 Å². The molecule has 2 aromatic carbocycles. The second kappa shape index (κ2) is 9.31. The third-order valence-corrected chi connectivity index (χ3v) is 5.66. The van der Waals surface area contributed by atoms with Gasteiger partial charge in [0.2, 0.25) is 6.79 Å². The minimum atomic E-state index is -0.592. The van der Waals surface area contributed by atoms with Crippen molar-refractivity contribution in [3.05, 3.63) is 76.0 Å². The summed E-state index contributed by atoms with van der Waals surface area (Å²) in [4.78, 5) is 4.80. The van der Waals surface area contributed by atoms with Gasteiger partial charge in [-0.05, 0) is 48.9 Å². The highest BCUT2D eigenvalue weighted by Gasteiger charge is 2.18. The number of nitrogens with zero attached hydrogens (tertiary/aromatic N) is 1. The van der Waals surface area contributed by atoms with Crippen molar-refractivity contribution in [2.75, 3.05) is 19.9 Å². The van der Waals surface area contributed by atoms with Crippen LogP contribution in [0.15, 0.2) is 60.7 Å². The van der Waals surface area contributed by atoms with Crippen molar-refractivity contribution in [3.8, 4) is 17.2 Å². The number of benzene rings is 2. The van der Waals surface area contributed by atoms with E-state index in [2.05, 4.69) is 24.0 Å². The summed E-state index contributed by atoms with van der Waals surface area (Å²) in [5, 5.41) is 10.6. The van der Waals surface area contributed by atoms with Crippen molar-refractivity contribution in [2.45, 2.75) is 26.1 Å². The van der Waals surface area contributed by atoms with Gasteiger partial charge < -0.3 is 19.3 Å². The summed E-state index contributed by atoms with van der Waals surface area (Å²) in [5.41, 5.74) is 1.12. The lowest BCUT2D eigenvalue weighted by atomic mass is 10.1. The van der Waals surface area contributed by atoms with E-state index in [1.807, 2.05) is 48.5 Å². The zero-order valence-corrected chi connectivity index (χ0v) is 17.2. The molecule has 0 spiro atoms. The van der Waals surface area contributed by atoms with Crippen LogP contribution in [0.1, 0.15) is 15.3 Å². The maximum atomic E-state index is 10.6. The fraction of sp³-hybridized carbons (Fsp3) is 0.304. The molecule has 0 saturated carbocycles. The molecular weight excluding hydrogens is 386 g/mol. The van der Waals surface area contributed by atoms with Crippen molar-refractivity contribution in [3.63, 3.8) is 0 Å². The number of ether oxygens (including phenoxy) is 3. The van der Waals surface area contributed by atoms with Gasteiger partial charge in [0, 0.05) is 29.4 Å². The van der Waals surface area contributed by atoms with E-state index in [0.29, 0.717) is 13.1 Å². The number of aliphatic hydroxyl groups is 1. The number of para-hydroxylation sites is 1. The van der Waals surface area contributed by atoms with Gasteiger partial charge >= 0.3 is 0 Å². The topological polar surface area (TPSA) is 51.2 Å². The van der Waals surface area contributed by atoms with Gasteiger partial charge in [-0.15, -0.1) is 11.3 Å². The first-order valence-electron chi connectivity index (χ1n) is 9.68. The third-order valence-electron chi connectivity index (χ3n) is 4.67. The SMILES string of the molecule is Cc1ccc(CN(Cc2ccc3c(c2)OCO3)CC(O)COc2ccccc2)s1. The van der Waals surface area contributed by atoms with Crippen LogP contribution in [0.5, 0.6) is 17.2 Å². The minimum Gasteiger partial charge on any atom is -0.491 e. The van der Waals surface area contributed by atoms with Crippen LogP contribution in [0, 0.1) is 6.92 Å². The molecule has 29 heavy (non-hydrogen) atoms. The van der Waals surface area contributed by atoms with E-state index >= 15 is 0 Å². The number of fused-ring (bicyclic) bond motifs is 1. The molecule has 0 saturated heterocycles.